The Morgan fingerprint density at radius 3 is 2.89 bits per heavy atom. The number of fused-ring (bicyclic) bond motifs is 1. The van der Waals surface area contributed by atoms with Crippen LogP contribution in [0.4, 0.5) is 10.3 Å². The number of pyridine rings is 1. The highest BCUT2D eigenvalue weighted by Gasteiger charge is 2.12. The van der Waals surface area contributed by atoms with E-state index in [9.17, 15) is 4.39 Å². The zero-order valence-electron chi connectivity index (χ0n) is 8.85. The molecule has 0 amide bonds. The molecule has 3 aromatic heterocycles. The second-order valence-electron chi connectivity index (χ2n) is 3.54. The number of nitrogens with zero attached hydrogens (tertiary/aromatic N) is 4. The molecule has 0 atom stereocenters. The number of nitrogen functional groups attached to an aromatic ring is 1. The van der Waals surface area contributed by atoms with Gasteiger partial charge >= 0.3 is 0 Å². The summed E-state index contributed by atoms with van der Waals surface area (Å²) in [5.74, 6) is -0.175. The number of nitrogens with two attached hydrogens (primary N) is 1. The number of hydrogen-bond donors (Lipinski definition) is 2. The fourth-order valence-electron chi connectivity index (χ4n) is 1.65. The van der Waals surface area contributed by atoms with Crippen molar-refractivity contribution in [1.29, 1.82) is 0 Å². The van der Waals surface area contributed by atoms with Crippen LogP contribution in [0.2, 0.25) is 5.28 Å². The van der Waals surface area contributed by atoms with Gasteiger partial charge in [-0.1, -0.05) is 0 Å². The number of rotatable bonds is 1. The van der Waals surface area contributed by atoms with Crippen LogP contribution in [0.3, 0.4) is 0 Å². The van der Waals surface area contributed by atoms with Crippen molar-refractivity contribution < 1.29 is 4.39 Å². The fraction of sp³-hybridized carbons (Fsp3) is 0. The summed E-state index contributed by atoms with van der Waals surface area (Å²) in [4.78, 5) is 18.4. The molecule has 18 heavy (non-hydrogen) atoms. The topological polar surface area (TPSA) is 93.4 Å². The van der Waals surface area contributed by atoms with E-state index in [0.717, 1.165) is 6.20 Å². The normalized spacial score (nSPS) is 11.0. The van der Waals surface area contributed by atoms with Gasteiger partial charge < -0.3 is 10.7 Å². The van der Waals surface area contributed by atoms with E-state index in [1.807, 2.05) is 0 Å². The highest BCUT2D eigenvalue weighted by Crippen LogP contribution is 2.26. The molecule has 90 valence electrons. The van der Waals surface area contributed by atoms with E-state index in [1.165, 1.54) is 6.07 Å². The third-order valence-corrected chi connectivity index (χ3v) is 2.53. The number of halogens is 2. The number of H-pyrrole nitrogens is 1. The van der Waals surface area contributed by atoms with Gasteiger partial charge in [-0.2, -0.15) is 15.0 Å². The van der Waals surface area contributed by atoms with Crippen molar-refractivity contribution in [2.75, 3.05) is 5.73 Å². The summed E-state index contributed by atoms with van der Waals surface area (Å²) in [7, 11) is 0. The summed E-state index contributed by atoms with van der Waals surface area (Å²) in [5.41, 5.74) is 6.59. The third-order valence-electron chi connectivity index (χ3n) is 2.36. The van der Waals surface area contributed by atoms with Gasteiger partial charge in [0.25, 0.3) is 0 Å². The molecule has 8 heteroatoms. The second kappa shape index (κ2) is 3.88. The lowest BCUT2D eigenvalue weighted by atomic mass is 10.2. The molecule has 0 bridgehead atoms. The first kappa shape index (κ1) is 10.8. The van der Waals surface area contributed by atoms with Crippen LogP contribution in [0, 0.1) is 5.82 Å². The zero-order chi connectivity index (χ0) is 12.7. The number of aromatic amines is 1. The van der Waals surface area contributed by atoms with Crippen LogP contribution in [0.1, 0.15) is 0 Å². The molecule has 0 aliphatic rings. The van der Waals surface area contributed by atoms with Crippen molar-refractivity contribution in [3.8, 4) is 11.4 Å². The number of aromatic nitrogens is 5. The molecule has 0 aromatic carbocycles. The Bertz CT molecular complexity index is 720. The second-order valence-corrected chi connectivity index (χ2v) is 3.88. The minimum Gasteiger partial charge on any atom is -0.368 e. The molecule has 0 aliphatic carbocycles. The molecule has 0 saturated carbocycles. The first-order valence-corrected chi connectivity index (χ1v) is 5.31. The minimum atomic E-state index is -0.448. The van der Waals surface area contributed by atoms with Crippen LogP contribution in [0.25, 0.3) is 22.4 Å². The summed E-state index contributed by atoms with van der Waals surface area (Å²) < 4.78 is 13.2. The van der Waals surface area contributed by atoms with E-state index in [4.69, 9.17) is 17.3 Å². The van der Waals surface area contributed by atoms with Crippen LogP contribution in [-0.4, -0.2) is 24.9 Å². The number of nitrogens with one attached hydrogen (secondary N) is 1. The Balaban J connectivity index is 2.27. The first-order valence-electron chi connectivity index (χ1n) is 4.93. The lowest BCUT2D eigenvalue weighted by Crippen LogP contribution is -1.99. The van der Waals surface area contributed by atoms with Crippen LogP contribution in [0.5, 0.6) is 0 Å². The minimum absolute atomic E-state index is 0.00344. The molecule has 0 spiro atoms. The number of anilines is 1. The molecular formula is C10H6ClFN6. The van der Waals surface area contributed by atoms with Crippen LogP contribution >= 0.6 is 11.6 Å². The van der Waals surface area contributed by atoms with Crippen LogP contribution in [0.15, 0.2) is 18.5 Å². The molecule has 0 aliphatic heterocycles. The summed E-state index contributed by atoms with van der Waals surface area (Å²) >= 11 is 5.71. The predicted molar refractivity (Wildman–Crippen MR) is 64.3 cm³/mol. The summed E-state index contributed by atoms with van der Waals surface area (Å²) in [6.45, 7) is 0. The van der Waals surface area contributed by atoms with Gasteiger partial charge in [-0.25, -0.2) is 9.37 Å². The molecule has 0 fully saturated rings. The number of hydrogen-bond acceptors (Lipinski definition) is 5. The van der Waals surface area contributed by atoms with Crippen molar-refractivity contribution >= 4 is 28.6 Å². The largest absolute Gasteiger partial charge is 0.368 e. The molecule has 6 nitrogen and oxygen atoms in total. The standard InChI is InChI=1S/C10H6ClFN6/c11-9-16-8(17-10(13)18-9)6-3-15-7-5(6)1-4(12)2-14-7/h1-3H,(H,14,15)(H2,13,16,17,18). The van der Waals surface area contributed by atoms with Crippen molar-refractivity contribution in [2.45, 2.75) is 0 Å². The molecule has 3 heterocycles. The van der Waals surface area contributed by atoms with Crippen molar-refractivity contribution in [3.05, 3.63) is 29.6 Å². The zero-order valence-corrected chi connectivity index (χ0v) is 9.61. The Hall–Kier alpha value is -2.28. The van der Waals surface area contributed by atoms with Gasteiger partial charge in [0.15, 0.2) is 5.82 Å². The van der Waals surface area contributed by atoms with E-state index in [2.05, 4.69) is 24.9 Å². The Morgan fingerprint density at radius 2 is 2.11 bits per heavy atom. The molecule has 3 rings (SSSR count). The van der Waals surface area contributed by atoms with Gasteiger partial charge in [0, 0.05) is 17.1 Å². The quantitative estimate of drug-likeness (QED) is 0.699. The maximum atomic E-state index is 13.2. The lowest BCUT2D eigenvalue weighted by Gasteiger charge is -1.99. The van der Waals surface area contributed by atoms with Gasteiger partial charge in [0.2, 0.25) is 11.2 Å². The summed E-state index contributed by atoms with van der Waals surface area (Å²) in [6.07, 6.45) is 2.74. The maximum absolute atomic E-state index is 13.2. The van der Waals surface area contributed by atoms with E-state index in [1.54, 1.807) is 6.20 Å². The summed E-state index contributed by atoms with van der Waals surface area (Å²) in [5, 5.41) is 0.535. The Kier molecular flexibility index (Phi) is 2.34. The van der Waals surface area contributed by atoms with Gasteiger partial charge in [-0.15, -0.1) is 0 Å². The molecule has 3 aromatic rings. The van der Waals surface area contributed by atoms with E-state index < -0.39 is 5.82 Å². The van der Waals surface area contributed by atoms with Crippen molar-refractivity contribution in [2.24, 2.45) is 0 Å². The van der Waals surface area contributed by atoms with E-state index in [0.29, 0.717) is 16.6 Å². The molecule has 0 unspecified atom stereocenters. The summed E-state index contributed by atoms with van der Waals surface area (Å²) in [6, 6.07) is 1.34. The van der Waals surface area contributed by atoms with Gasteiger partial charge in [0.1, 0.15) is 11.5 Å². The Morgan fingerprint density at radius 1 is 1.28 bits per heavy atom. The van der Waals surface area contributed by atoms with Gasteiger partial charge in [-0.3, -0.25) is 0 Å². The smallest absolute Gasteiger partial charge is 0.227 e. The molecule has 0 saturated heterocycles. The highest BCUT2D eigenvalue weighted by molar-refractivity contribution is 6.28. The maximum Gasteiger partial charge on any atom is 0.227 e. The molecule has 0 radical (unpaired) electrons. The van der Waals surface area contributed by atoms with Crippen LogP contribution < -0.4 is 5.73 Å². The van der Waals surface area contributed by atoms with E-state index >= 15 is 0 Å². The monoisotopic (exact) mass is 264 g/mol. The van der Waals surface area contributed by atoms with Gasteiger partial charge in [0.05, 0.1) is 6.20 Å². The highest BCUT2D eigenvalue weighted by atomic mass is 35.5. The lowest BCUT2D eigenvalue weighted by molar-refractivity contribution is 0.624. The molecular weight excluding hydrogens is 259 g/mol. The third kappa shape index (κ3) is 1.74. The van der Waals surface area contributed by atoms with Crippen molar-refractivity contribution in [1.82, 2.24) is 24.9 Å². The average molecular weight is 265 g/mol. The SMILES string of the molecule is Nc1nc(Cl)nc(-c2c[nH]c3ncc(F)cc23)n1. The van der Waals surface area contributed by atoms with Crippen molar-refractivity contribution in [3.63, 3.8) is 0 Å². The van der Waals surface area contributed by atoms with Gasteiger partial charge in [-0.05, 0) is 17.7 Å². The Labute approximate surface area is 105 Å². The van der Waals surface area contributed by atoms with E-state index in [-0.39, 0.29) is 17.1 Å². The fourth-order valence-corrected chi connectivity index (χ4v) is 1.82. The molecule has 3 N–H and O–H groups in total. The predicted octanol–water partition coefficient (Wildman–Crippen LogP) is 1.79. The van der Waals surface area contributed by atoms with Crippen LogP contribution in [-0.2, 0) is 0 Å². The average Bonchev–Trinajstić information content (AvgIpc) is 2.70. The first-order chi connectivity index (χ1) is 8.63.